The van der Waals surface area contributed by atoms with Crippen molar-refractivity contribution in [1.82, 2.24) is 10.2 Å². The van der Waals surface area contributed by atoms with Crippen molar-refractivity contribution < 1.29 is 9.53 Å². The molecule has 0 aliphatic carbocycles. The molecule has 0 spiro atoms. The van der Waals surface area contributed by atoms with E-state index in [0.29, 0.717) is 25.0 Å². The van der Waals surface area contributed by atoms with Crippen molar-refractivity contribution in [2.75, 3.05) is 19.7 Å². The molecule has 0 bridgehead atoms. The first kappa shape index (κ1) is 18.3. The zero-order valence-electron chi connectivity index (χ0n) is 14.6. The first-order valence-electron chi connectivity index (χ1n) is 8.67. The van der Waals surface area contributed by atoms with Gasteiger partial charge < -0.3 is 15.0 Å². The summed E-state index contributed by atoms with van der Waals surface area (Å²) in [6, 6.07) is 10.6. The van der Waals surface area contributed by atoms with Crippen LogP contribution >= 0.6 is 0 Å². The lowest BCUT2D eigenvalue weighted by molar-refractivity contribution is -0.130. The van der Waals surface area contributed by atoms with Crippen molar-refractivity contribution in [3.63, 3.8) is 0 Å². The number of carbonyl (C=O) groups excluding carboxylic acids is 1. The molecule has 2 rings (SSSR count). The van der Waals surface area contributed by atoms with Gasteiger partial charge in [-0.25, -0.2) is 0 Å². The number of nitrogens with one attached hydrogen (secondary N) is 1. The minimum atomic E-state index is 0.168. The number of rotatable bonds is 7. The van der Waals surface area contributed by atoms with Crippen LogP contribution in [0, 0.1) is 17.2 Å². The predicted molar refractivity (Wildman–Crippen MR) is 93.4 cm³/mol. The van der Waals surface area contributed by atoms with E-state index < -0.39 is 0 Å². The third-order valence-electron chi connectivity index (χ3n) is 4.52. The topological polar surface area (TPSA) is 65.4 Å². The number of benzene rings is 1. The molecule has 0 unspecified atom stereocenters. The summed E-state index contributed by atoms with van der Waals surface area (Å²) in [6.45, 7) is 6.87. The molecule has 2 atom stereocenters. The van der Waals surface area contributed by atoms with Crippen LogP contribution in [0.15, 0.2) is 24.3 Å². The van der Waals surface area contributed by atoms with E-state index in [1.807, 2.05) is 17.0 Å². The number of hydrogen-bond donors (Lipinski definition) is 1. The van der Waals surface area contributed by atoms with Crippen molar-refractivity contribution >= 4 is 5.91 Å². The molecule has 0 saturated carbocycles. The maximum absolute atomic E-state index is 11.5. The van der Waals surface area contributed by atoms with Crippen molar-refractivity contribution in [3.8, 4) is 11.8 Å². The normalized spacial score (nSPS) is 20.5. The molecule has 1 aromatic carbocycles. The van der Waals surface area contributed by atoms with Gasteiger partial charge in [0.1, 0.15) is 5.75 Å². The van der Waals surface area contributed by atoms with Gasteiger partial charge in [0.05, 0.1) is 12.7 Å². The maximum atomic E-state index is 11.5. The number of amides is 1. The number of ether oxygens (including phenoxy) is 1. The van der Waals surface area contributed by atoms with Crippen molar-refractivity contribution in [2.24, 2.45) is 5.92 Å². The Hall–Kier alpha value is -2.06. The molecule has 5 heteroatoms. The second-order valence-corrected chi connectivity index (χ2v) is 6.48. The van der Waals surface area contributed by atoms with Gasteiger partial charge in [-0.2, -0.15) is 5.26 Å². The van der Waals surface area contributed by atoms with E-state index in [4.69, 9.17) is 10.00 Å². The Morgan fingerprint density at radius 2 is 2.33 bits per heavy atom. The average molecular weight is 329 g/mol. The summed E-state index contributed by atoms with van der Waals surface area (Å²) in [5.41, 5.74) is 1.19. The number of hydrogen-bond acceptors (Lipinski definition) is 4. The van der Waals surface area contributed by atoms with Gasteiger partial charge in [0.15, 0.2) is 0 Å². The van der Waals surface area contributed by atoms with Crippen LogP contribution in [-0.2, 0) is 11.3 Å². The first-order valence-corrected chi connectivity index (χ1v) is 8.67. The Morgan fingerprint density at radius 1 is 1.50 bits per heavy atom. The molecule has 0 aromatic heterocycles. The average Bonchev–Trinajstić information content (AvgIpc) is 2.58. The fourth-order valence-electron chi connectivity index (χ4n) is 3.07. The van der Waals surface area contributed by atoms with E-state index in [9.17, 15) is 4.79 Å². The SMILES string of the molecule is CC(=O)N1CC[C@H](NCc2cccc(OCCCC#N)c2)[C@H](C)C1. The van der Waals surface area contributed by atoms with Gasteiger partial charge in [-0.3, -0.25) is 4.79 Å². The molecular weight excluding hydrogens is 302 g/mol. The van der Waals surface area contributed by atoms with E-state index >= 15 is 0 Å². The van der Waals surface area contributed by atoms with Crippen LogP contribution < -0.4 is 10.1 Å². The zero-order chi connectivity index (χ0) is 17.4. The summed E-state index contributed by atoms with van der Waals surface area (Å²) < 4.78 is 5.68. The molecule has 130 valence electrons. The van der Waals surface area contributed by atoms with E-state index in [1.165, 1.54) is 5.56 Å². The maximum Gasteiger partial charge on any atom is 0.219 e. The van der Waals surface area contributed by atoms with Crippen LogP contribution in [0.25, 0.3) is 0 Å². The third-order valence-corrected chi connectivity index (χ3v) is 4.52. The lowest BCUT2D eigenvalue weighted by atomic mass is 9.93. The molecule has 0 radical (unpaired) electrons. The smallest absolute Gasteiger partial charge is 0.219 e. The van der Waals surface area contributed by atoms with Crippen LogP contribution in [0.4, 0.5) is 0 Å². The number of nitrogens with zero attached hydrogens (tertiary/aromatic N) is 2. The van der Waals surface area contributed by atoms with Crippen LogP contribution in [0.3, 0.4) is 0 Å². The molecular formula is C19H27N3O2. The minimum absolute atomic E-state index is 0.168. The molecule has 1 saturated heterocycles. The molecule has 1 aliphatic heterocycles. The monoisotopic (exact) mass is 329 g/mol. The zero-order valence-corrected chi connectivity index (χ0v) is 14.6. The summed E-state index contributed by atoms with van der Waals surface area (Å²) >= 11 is 0. The fraction of sp³-hybridized carbons (Fsp3) is 0.579. The molecule has 5 nitrogen and oxygen atoms in total. The summed E-state index contributed by atoms with van der Waals surface area (Å²) in [5, 5.41) is 12.1. The number of nitriles is 1. The lowest BCUT2D eigenvalue weighted by Crippen LogP contribution is -2.49. The number of piperidine rings is 1. The molecule has 1 heterocycles. The van der Waals surface area contributed by atoms with E-state index in [0.717, 1.165) is 38.2 Å². The Balaban J connectivity index is 1.80. The molecule has 1 N–H and O–H groups in total. The molecule has 1 amide bonds. The third kappa shape index (κ3) is 5.54. The Bertz CT molecular complexity index is 582. The highest BCUT2D eigenvalue weighted by molar-refractivity contribution is 5.73. The van der Waals surface area contributed by atoms with Gasteiger partial charge in [-0.05, 0) is 36.5 Å². The summed E-state index contributed by atoms with van der Waals surface area (Å²) in [5.74, 6) is 1.47. The van der Waals surface area contributed by atoms with Crippen molar-refractivity contribution in [2.45, 2.75) is 45.7 Å². The molecule has 1 fully saturated rings. The van der Waals surface area contributed by atoms with Gasteiger partial charge in [0.25, 0.3) is 0 Å². The Morgan fingerprint density at radius 3 is 3.04 bits per heavy atom. The first-order chi connectivity index (χ1) is 11.6. The van der Waals surface area contributed by atoms with Crippen LogP contribution in [0.5, 0.6) is 5.75 Å². The standard InChI is InChI=1S/C19H27N3O2/c1-15-14-22(16(2)23)10-8-19(15)21-13-17-6-5-7-18(12-17)24-11-4-3-9-20/h5-7,12,15,19,21H,3-4,8,10-11,13-14H2,1-2H3/t15-,19+/m1/s1. The molecule has 24 heavy (non-hydrogen) atoms. The van der Waals surface area contributed by atoms with Gasteiger partial charge in [0, 0.05) is 39.0 Å². The molecule has 1 aromatic rings. The minimum Gasteiger partial charge on any atom is -0.494 e. The second kappa shape index (κ2) is 9.29. The van der Waals surface area contributed by atoms with E-state index in [2.05, 4.69) is 30.4 Å². The second-order valence-electron chi connectivity index (χ2n) is 6.48. The number of carbonyl (C=O) groups is 1. The van der Waals surface area contributed by atoms with Crippen LogP contribution in [0.2, 0.25) is 0 Å². The quantitative estimate of drug-likeness (QED) is 0.781. The fourth-order valence-corrected chi connectivity index (χ4v) is 3.07. The van der Waals surface area contributed by atoms with Gasteiger partial charge >= 0.3 is 0 Å². The Labute approximate surface area is 144 Å². The van der Waals surface area contributed by atoms with Crippen molar-refractivity contribution in [1.29, 1.82) is 5.26 Å². The van der Waals surface area contributed by atoms with Crippen LogP contribution in [-0.4, -0.2) is 36.5 Å². The number of unbranched alkanes of at least 4 members (excludes halogenated alkanes) is 1. The molecule has 1 aliphatic rings. The van der Waals surface area contributed by atoms with Crippen LogP contribution in [0.1, 0.15) is 38.7 Å². The highest BCUT2D eigenvalue weighted by atomic mass is 16.5. The Kier molecular flexibility index (Phi) is 7.07. The van der Waals surface area contributed by atoms with E-state index in [-0.39, 0.29) is 5.91 Å². The van der Waals surface area contributed by atoms with E-state index in [1.54, 1.807) is 6.92 Å². The largest absolute Gasteiger partial charge is 0.494 e. The van der Waals surface area contributed by atoms with Crippen molar-refractivity contribution in [3.05, 3.63) is 29.8 Å². The van der Waals surface area contributed by atoms with Gasteiger partial charge in [-0.15, -0.1) is 0 Å². The highest BCUT2D eigenvalue weighted by Gasteiger charge is 2.26. The lowest BCUT2D eigenvalue weighted by Gasteiger charge is -2.37. The summed E-state index contributed by atoms with van der Waals surface area (Å²) in [7, 11) is 0. The summed E-state index contributed by atoms with van der Waals surface area (Å²) in [6.07, 6.45) is 2.27. The van der Waals surface area contributed by atoms with Gasteiger partial charge in [0.2, 0.25) is 5.91 Å². The summed E-state index contributed by atoms with van der Waals surface area (Å²) in [4.78, 5) is 13.4. The highest BCUT2D eigenvalue weighted by Crippen LogP contribution is 2.19. The number of likely N-dealkylation sites (tertiary alicyclic amines) is 1. The predicted octanol–water partition coefficient (Wildman–Crippen LogP) is 2.72. The van der Waals surface area contributed by atoms with Gasteiger partial charge in [-0.1, -0.05) is 19.1 Å².